The summed E-state index contributed by atoms with van der Waals surface area (Å²) in [5.74, 6) is -1.61. The van der Waals surface area contributed by atoms with Crippen LogP contribution in [0.3, 0.4) is 0 Å². The highest BCUT2D eigenvalue weighted by Gasteiger charge is 2.39. The van der Waals surface area contributed by atoms with Gasteiger partial charge in [0.25, 0.3) is 0 Å². The molecule has 29 heavy (non-hydrogen) atoms. The van der Waals surface area contributed by atoms with Crippen molar-refractivity contribution in [3.8, 4) is 6.01 Å². The van der Waals surface area contributed by atoms with Gasteiger partial charge in [-0.15, -0.1) is 0 Å². The van der Waals surface area contributed by atoms with Crippen molar-refractivity contribution < 1.29 is 32.3 Å². The van der Waals surface area contributed by atoms with Crippen LogP contribution in [-0.2, 0) is 15.8 Å². The van der Waals surface area contributed by atoms with Crippen molar-refractivity contribution in [1.82, 2.24) is 24.7 Å². The SMILES string of the molecule is CCN1CCN(C(=O)N2CCCC(Oc3nccc(C(F)(F)F)n3)C2)C(=O)C1=O. The lowest BCUT2D eigenvalue weighted by atomic mass is 10.1. The smallest absolute Gasteiger partial charge is 0.433 e. The van der Waals surface area contributed by atoms with E-state index in [0.717, 1.165) is 17.2 Å². The number of amides is 4. The number of rotatable bonds is 3. The number of alkyl halides is 3. The number of urea groups is 1. The van der Waals surface area contributed by atoms with Crippen molar-refractivity contribution in [2.45, 2.75) is 32.0 Å². The molecule has 3 rings (SSSR count). The van der Waals surface area contributed by atoms with Crippen LogP contribution in [0.15, 0.2) is 12.3 Å². The van der Waals surface area contributed by atoms with Crippen molar-refractivity contribution in [1.29, 1.82) is 0 Å². The number of likely N-dealkylation sites (N-methyl/N-ethyl adjacent to an activating group) is 1. The second-order valence-electron chi connectivity index (χ2n) is 6.67. The fourth-order valence-electron chi connectivity index (χ4n) is 3.24. The summed E-state index contributed by atoms with van der Waals surface area (Å²) in [4.78, 5) is 47.6. The first-order valence-corrected chi connectivity index (χ1v) is 9.17. The van der Waals surface area contributed by atoms with E-state index in [4.69, 9.17) is 4.74 Å². The van der Waals surface area contributed by atoms with E-state index in [0.29, 0.717) is 25.9 Å². The molecule has 0 N–H and O–H groups in total. The van der Waals surface area contributed by atoms with Crippen LogP contribution >= 0.6 is 0 Å². The van der Waals surface area contributed by atoms with Crippen molar-refractivity contribution in [3.63, 3.8) is 0 Å². The molecule has 1 aromatic rings. The van der Waals surface area contributed by atoms with Gasteiger partial charge in [0.2, 0.25) is 0 Å². The Morgan fingerprint density at radius 3 is 2.69 bits per heavy atom. The molecule has 158 valence electrons. The van der Waals surface area contributed by atoms with Gasteiger partial charge in [-0.05, 0) is 25.8 Å². The third-order valence-electron chi connectivity index (χ3n) is 4.77. The van der Waals surface area contributed by atoms with Gasteiger partial charge >= 0.3 is 30.0 Å². The molecular weight excluding hydrogens is 395 g/mol. The molecule has 3 heterocycles. The number of nitrogens with zero attached hydrogens (tertiary/aromatic N) is 5. The zero-order valence-electron chi connectivity index (χ0n) is 15.7. The van der Waals surface area contributed by atoms with Gasteiger partial charge in [-0.1, -0.05) is 0 Å². The summed E-state index contributed by atoms with van der Waals surface area (Å²) in [6.45, 7) is 2.87. The third-order valence-corrected chi connectivity index (χ3v) is 4.77. The monoisotopic (exact) mass is 415 g/mol. The van der Waals surface area contributed by atoms with Crippen LogP contribution in [-0.4, -0.2) is 81.3 Å². The van der Waals surface area contributed by atoms with E-state index < -0.39 is 41.8 Å². The van der Waals surface area contributed by atoms with Gasteiger partial charge in [-0.25, -0.2) is 9.78 Å². The molecule has 0 aromatic carbocycles. The van der Waals surface area contributed by atoms with Gasteiger partial charge in [-0.2, -0.15) is 18.2 Å². The maximum atomic E-state index is 12.8. The van der Waals surface area contributed by atoms with Gasteiger partial charge in [0.05, 0.1) is 6.54 Å². The highest BCUT2D eigenvalue weighted by atomic mass is 19.4. The number of carbonyl (C=O) groups excluding carboxylic acids is 3. The standard InChI is InChI=1S/C17H20F3N5O4/c1-2-23-8-9-25(14(27)13(23)26)16(28)24-7-3-4-11(10-24)29-15-21-6-5-12(22-15)17(18,19)20/h5-6,11H,2-4,7-10H2,1H3. The Morgan fingerprint density at radius 1 is 1.24 bits per heavy atom. The average Bonchev–Trinajstić information content (AvgIpc) is 2.69. The van der Waals surface area contributed by atoms with Crippen LogP contribution in [0.1, 0.15) is 25.5 Å². The molecule has 4 amide bonds. The van der Waals surface area contributed by atoms with Gasteiger partial charge in [0.15, 0.2) is 5.69 Å². The molecule has 2 saturated heterocycles. The minimum atomic E-state index is -4.62. The lowest BCUT2D eigenvalue weighted by molar-refractivity contribution is -0.154. The van der Waals surface area contributed by atoms with E-state index in [2.05, 4.69) is 9.97 Å². The Balaban J connectivity index is 1.64. The Bertz CT molecular complexity index is 804. The highest BCUT2D eigenvalue weighted by molar-refractivity contribution is 6.38. The predicted octanol–water partition coefficient (Wildman–Crippen LogP) is 1.15. The van der Waals surface area contributed by atoms with Crippen LogP contribution < -0.4 is 4.74 Å². The van der Waals surface area contributed by atoms with E-state index in [1.807, 2.05) is 0 Å². The molecule has 0 bridgehead atoms. The van der Waals surface area contributed by atoms with Gasteiger partial charge < -0.3 is 14.5 Å². The zero-order valence-corrected chi connectivity index (χ0v) is 15.7. The molecule has 2 aliphatic heterocycles. The number of carbonyl (C=O) groups is 3. The van der Waals surface area contributed by atoms with Crippen LogP contribution in [0.4, 0.5) is 18.0 Å². The molecule has 2 aliphatic rings. The number of ether oxygens (including phenoxy) is 1. The van der Waals surface area contributed by atoms with E-state index in [-0.39, 0.29) is 19.6 Å². The van der Waals surface area contributed by atoms with Crippen molar-refractivity contribution in [2.24, 2.45) is 0 Å². The Labute approximate surface area is 164 Å². The molecule has 1 unspecified atom stereocenters. The van der Waals surface area contributed by atoms with E-state index in [1.54, 1.807) is 6.92 Å². The lowest BCUT2D eigenvalue weighted by Gasteiger charge is -2.38. The normalized spacial score (nSPS) is 20.8. The lowest BCUT2D eigenvalue weighted by Crippen LogP contribution is -2.60. The highest BCUT2D eigenvalue weighted by Crippen LogP contribution is 2.28. The molecule has 0 aliphatic carbocycles. The van der Waals surface area contributed by atoms with E-state index in [1.165, 1.54) is 9.80 Å². The van der Waals surface area contributed by atoms with Crippen molar-refractivity contribution in [3.05, 3.63) is 18.0 Å². The average molecular weight is 415 g/mol. The van der Waals surface area contributed by atoms with Crippen molar-refractivity contribution in [2.75, 3.05) is 32.7 Å². The number of halogens is 3. The number of imide groups is 1. The molecule has 9 nitrogen and oxygen atoms in total. The fraction of sp³-hybridized carbons (Fsp3) is 0.588. The molecule has 0 saturated carbocycles. The second-order valence-corrected chi connectivity index (χ2v) is 6.67. The predicted molar refractivity (Wildman–Crippen MR) is 91.6 cm³/mol. The second kappa shape index (κ2) is 8.21. The summed E-state index contributed by atoms with van der Waals surface area (Å²) in [6.07, 6.45) is -3.29. The molecule has 0 spiro atoms. The van der Waals surface area contributed by atoms with Crippen LogP contribution in [0.25, 0.3) is 0 Å². The number of piperidine rings is 1. The summed E-state index contributed by atoms with van der Waals surface area (Å²) in [6, 6.07) is -0.304. The molecular formula is C17H20F3N5O4. The number of likely N-dealkylation sites (tertiary alicyclic amines) is 1. The van der Waals surface area contributed by atoms with Crippen molar-refractivity contribution >= 4 is 17.8 Å². The molecule has 1 atom stereocenters. The maximum Gasteiger partial charge on any atom is 0.433 e. The topological polar surface area (TPSA) is 95.9 Å². The Morgan fingerprint density at radius 2 is 2.00 bits per heavy atom. The zero-order chi connectivity index (χ0) is 21.2. The summed E-state index contributed by atoms with van der Waals surface area (Å²) in [7, 11) is 0. The minimum Gasteiger partial charge on any atom is -0.458 e. The van der Waals surface area contributed by atoms with Gasteiger partial charge in [0, 0.05) is 32.4 Å². The first kappa shape index (κ1) is 20.8. The number of piperazine rings is 1. The van der Waals surface area contributed by atoms with Crippen LogP contribution in [0.5, 0.6) is 6.01 Å². The van der Waals surface area contributed by atoms with Crippen LogP contribution in [0, 0.1) is 0 Å². The summed E-state index contributed by atoms with van der Waals surface area (Å²) in [5, 5.41) is 0. The molecule has 2 fully saturated rings. The quantitative estimate of drug-likeness (QED) is 0.688. The number of hydrogen-bond acceptors (Lipinski definition) is 6. The molecule has 1 aromatic heterocycles. The van der Waals surface area contributed by atoms with Gasteiger partial charge in [-0.3, -0.25) is 14.5 Å². The Hall–Kier alpha value is -2.92. The minimum absolute atomic E-state index is 0.0495. The summed E-state index contributed by atoms with van der Waals surface area (Å²) in [5.41, 5.74) is -1.12. The molecule has 12 heteroatoms. The van der Waals surface area contributed by atoms with E-state index >= 15 is 0 Å². The van der Waals surface area contributed by atoms with E-state index in [9.17, 15) is 27.6 Å². The largest absolute Gasteiger partial charge is 0.458 e. The third kappa shape index (κ3) is 4.57. The van der Waals surface area contributed by atoms with Gasteiger partial charge in [0.1, 0.15) is 6.10 Å². The summed E-state index contributed by atoms with van der Waals surface area (Å²) < 4.78 is 43.8. The number of aromatic nitrogens is 2. The van der Waals surface area contributed by atoms with Crippen LogP contribution in [0.2, 0.25) is 0 Å². The first-order valence-electron chi connectivity index (χ1n) is 9.17. The first-order chi connectivity index (χ1) is 13.7. The fourth-order valence-corrected chi connectivity index (χ4v) is 3.24. The Kier molecular flexibility index (Phi) is 5.89. The number of hydrogen-bond donors (Lipinski definition) is 0. The molecule has 0 radical (unpaired) electrons. The maximum absolute atomic E-state index is 12.8. The summed E-state index contributed by atoms with van der Waals surface area (Å²) >= 11 is 0.